The molecule has 0 saturated heterocycles. The van der Waals surface area contributed by atoms with Crippen molar-refractivity contribution >= 4 is 0 Å². The van der Waals surface area contributed by atoms with E-state index in [-0.39, 0.29) is 0 Å². The van der Waals surface area contributed by atoms with Gasteiger partial charge < -0.3 is 10.1 Å². The molecule has 0 aromatic rings. The van der Waals surface area contributed by atoms with Gasteiger partial charge in [-0.3, -0.25) is 0 Å². The van der Waals surface area contributed by atoms with Crippen LogP contribution in [0.5, 0.6) is 0 Å². The maximum atomic E-state index is 5.41. The van der Waals surface area contributed by atoms with Crippen LogP contribution in [0.15, 0.2) is 0 Å². The molecule has 0 bridgehead atoms. The van der Waals surface area contributed by atoms with Crippen LogP contribution in [0.3, 0.4) is 0 Å². The van der Waals surface area contributed by atoms with Crippen LogP contribution in [0.1, 0.15) is 41.0 Å². The molecule has 0 fully saturated rings. The molecule has 1 N–H and O–H groups in total. The maximum absolute atomic E-state index is 5.41. The fourth-order valence-corrected chi connectivity index (χ4v) is 0.955. The molecule has 0 saturated carbocycles. The first-order valence-corrected chi connectivity index (χ1v) is 5.24. The molecule has 2 nitrogen and oxygen atoms in total. The first-order chi connectivity index (χ1) is 5.92. The predicted octanol–water partition coefficient (Wildman–Crippen LogP) is 2.44. The monoisotopic (exact) mass is 187 g/mol. The maximum Gasteiger partial charge on any atom is 0.0594 e. The highest BCUT2D eigenvalue weighted by Gasteiger charge is 2.08. The van der Waals surface area contributed by atoms with E-state index in [1.54, 1.807) is 0 Å². The lowest BCUT2D eigenvalue weighted by Gasteiger charge is -2.18. The second-order valence-electron chi connectivity index (χ2n) is 4.98. The highest BCUT2D eigenvalue weighted by Crippen LogP contribution is 2.16. The SMILES string of the molecule is CC(C)OCCNCCC(C)(C)C. The van der Waals surface area contributed by atoms with Gasteiger partial charge in [0.25, 0.3) is 0 Å². The quantitative estimate of drug-likeness (QED) is 0.645. The molecule has 0 aromatic heterocycles. The van der Waals surface area contributed by atoms with E-state index in [9.17, 15) is 0 Å². The Balaban J connectivity index is 3.09. The Morgan fingerprint density at radius 3 is 2.23 bits per heavy atom. The van der Waals surface area contributed by atoms with Crippen molar-refractivity contribution in [3.8, 4) is 0 Å². The van der Waals surface area contributed by atoms with E-state index in [2.05, 4.69) is 39.9 Å². The summed E-state index contributed by atoms with van der Waals surface area (Å²) in [6.45, 7) is 13.8. The Labute approximate surface area is 83.1 Å². The van der Waals surface area contributed by atoms with Gasteiger partial charge in [-0.05, 0) is 32.2 Å². The summed E-state index contributed by atoms with van der Waals surface area (Å²) in [5, 5.41) is 3.37. The Morgan fingerprint density at radius 1 is 1.15 bits per heavy atom. The van der Waals surface area contributed by atoms with Crippen LogP contribution in [0.4, 0.5) is 0 Å². The number of nitrogens with one attached hydrogen (secondary N) is 1. The molecule has 0 aliphatic carbocycles. The van der Waals surface area contributed by atoms with Gasteiger partial charge in [0, 0.05) is 6.54 Å². The van der Waals surface area contributed by atoms with E-state index in [0.29, 0.717) is 11.5 Å². The van der Waals surface area contributed by atoms with Crippen LogP contribution in [-0.4, -0.2) is 25.8 Å². The number of ether oxygens (including phenoxy) is 1. The Bertz CT molecular complexity index is 116. The van der Waals surface area contributed by atoms with Gasteiger partial charge in [0.1, 0.15) is 0 Å². The molecule has 13 heavy (non-hydrogen) atoms. The van der Waals surface area contributed by atoms with Crippen molar-refractivity contribution in [1.29, 1.82) is 0 Å². The third-order valence-electron chi connectivity index (χ3n) is 1.78. The van der Waals surface area contributed by atoms with E-state index < -0.39 is 0 Å². The van der Waals surface area contributed by atoms with Gasteiger partial charge in [-0.15, -0.1) is 0 Å². The molecule has 0 aliphatic heterocycles. The fraction of sp³-hybridized carbons (Fsp3) is 1.00. The lowest BCUT2D eigenvalue weighted by Crippen LogP contribution is -2.25. The van der Waals surface area contributed by atoms with Crippen molar-refractivity contribution in [2.24, 2.45) is 5.41 Å². The van der Waals surface area contributed by atoms with Gasteiger partial charge in [-0.1, -0.05) is 20.8 Å². The number of rotatable bonds is 6. The zero-order valence-corrected chi connectivity index (χ0v) is 9.81. The Kier molecular flexibility index (Phi) is 6.35. The summed E-state index contributed by atoms with van der Waals surface area (Å²) in [5.74, 6) is 0. The number of hydrogen-bond acceptors (Lipinski definition) is 2. The molecule has 0 amide bonds. The normalized spacial score (nSPS) is 12.5. The average molecular weight is 187 g/mol. The Hall–Kier alpha value is -0.0800. The van der Waals surface area contributed by atoms with Crippen molar-refractivity contribution in [3.05, 3.63) is 0 Å². The van der Waals surface area contributed by atoms with E-state index >= 15 is 0 Å². The van der Waals surface area contributed by atoms with Crippen molar-refractivity contribution in [2.45, 2.75) is 47.1 Å². The zero-order valence-electron chi connectivity index (χ0n) is 9.81. The van der Waals surface area contributed by atoms with Crippen LogP contribution in [0, 0.1) is 5.41 Å². The first-order valence-electron chi connectivity index (χ1n) is 5.24. The Morgan fingerprint density at radius 2 is 1.77 bits per heavy atom. The van der Waals surface area contributed by atoms with E-state index in [1.807, 2.05) is 0 Å². The van der Waals surface area contributed by atoms with Gasteiger partial charge >= 0.3 is 0 Å². The van der Waals surface area contributed by atoms with Crippen LogP contribution in [-0.2, 0) is 4.74 Å². The van der Waals surface area contributed by atoms with Crippen LogP contribution < -0.4 is 5.32 Å². The molecule has 0 heterocycles. The minimum atomic E-state index is 0.351. The van der Waals surface area contributed by atoms with E-state index in [0.717, 1.165) is 19.7 Å². The largest absolute Gasteiger partial charge is 0.377 e. The zero-order chi connectivity index (χ0) is 10.3. The van der Waals surface area contributed by atoms with Crippen molar-refractivity contribution < 1.29 is 4.74 Å². The first kappa shape index (κ1) is 12.9. The summed E-state index contributed by atoms with van der Waals surface area (Å²) in [5.41, 5.74) is 0.436. The molecule has 0 spiro atoms. The van der Waals surface area contributed by atoms with E-state index in [4.69, 9.17) is 4.74 Å². The number of hydrogen-bond donors (Lipinski definition) is 1. The average Bonchev–Trinajstić information content (AvgIpc) is 1.93. The van der Waals surface area contributed by atoms with Gasteiger partial charge in [-0.2, -0.15) is 0 Å². The smallest absolute Gasteiger partial charge is 0.0594 e. The molecule has 0 atom stereocenters. The summed E-state index contributed by atoms with van der Waals surface area (Å²) in [6, 6.07) is 0. The second-order valence-corrected chi connectivity index (χ2v) is 4.98. The molecule has 80 valence electrons. The molecular weight excluding hydrogens is 162 g/mol. The topological polar surface area (TPSA) is 21.3 Å². The summed E-state index contributed by atoms with van der Waals surface area (Å²) >= 11 is 0. The highest BCUT2D eigenvalue weighted by molar-refractivity contribution is 4.62. The molecular formula is C11H25NO. The molecule has 0 aromatic carbocycles. The lowest BCUT2D eigenvalue weighted by molar-refractivity contribution is 0.0805. The molecule has 0 rings (SSSR count). The summed E-state index contributed by atoms with van der Waals surface area (Å²) in [6.07, 6.45) is 1.57. The third kappa shape index (κ3) is 11.9. The summed E-state index contributed by atoms with van der Waals surface area (Å²) in [4.78, 5) is 0. The van der Waals surface area contributed by atoms with E-state index in [1.165, 1.54) is 6.42 Å². The molecule has 0 radical (unpaired) electrons. The van der Waals surface area contributed by atoms with Gasteiger partial charge in [-0.25, -0.2) is 0 Å². The predicted molar refractivity (Wildman–Crippen MR) is 58.0 cm³/mol. The van der Waals surface area contributed by atoms with Gasteiger partial charge in [0.2, 0.25) is 0 Å². The highest BCUT2D eigenvalue weighted by atomic mass is 16.5. The van der Waals surface area contributed by atoms with Crippen LogP contribution in [0.2, 0.25) is 0 Å². The minimum Gasteiger partial charge on any atom is -0.377 e. The fourth-order valence-electron chi connectivity index (χ4n) is 0.955. The van der Waals surface area contributed by atoms with Crippen molar-refractivity contribution in [2.75, 3.05) is 19.7 Å². The van der Waals surface area contributed by atoms with Gasteiger partial charge in [0.05, 0.1) is 12.7 Å². The summed E-state index contributed by atoms with van der Waals surface area (Å²) in [7, 11) is 0. The lowest BCUT2D eigenvalue weighted by atomic mass is 9.92. The second kappa shape index (κ2) is 6.39. The van der Waals surface area contributed by atoms with Crippen molar-refractivity contribution in [3.63, 3.8) is 0 Å². The van der Waals surface area contributed by atoms with Gasteiger partial charge in [0.15, 0.2) is 0 Å². The van der Waals surface area contributed by atoms with Crippen LogP contribution in [0.25, 0.3) is 0 Å². The van der Waals surface area contributed by atoms with Crippen LogP contribution >= 0.6 is 0 Å². The molecule has 0 unspecified atom stereocenters. The minimum absolute atomic E-state index is 0.351. The standard InChI is InChI=1S/C11H25NO/c1-10(2)13-9-8-12-7-6-11(3,4)5/h10,12H,6-9H2,1-5H3. The summed E-state index contributed by atoms with van der Waals surface area (Å²) < 4.78 is 5.41. The van der Waals surface area contributed by atoms with Crippen molar-refractivity contribution in [1.82, 2.24) is 5.32 Å². The molecule has 0 aliphatic rings. The third-order valence-corrected chi connectivity index (χ3v) is 1.78. The molecule has 2 heteroatoms.